The van der Waals surface area contributed by atoms with Crippen LogP contribution in [-0.4, -0.2) is 66.5 Å². The van der Waals surface area contributed by atoms with E-state index in [2.05, 4.69) is 16.0 Å². The van der Waals surface area contributed by atoms with Crippen LogP contribution in [0.1, 0.15) is 66.7 Å². The standard InChI is InChI=1S/C24H40N4O7/c1-13(2)19(28-23(33)35-24(3,4)5)22(32)34-12-18(29)17(11-15-8-9-26-20(15)30)27-21(31)16(25)10-14-6-7-14/h13-17,19H,6-12,25H2,1-5H3,(H,26,30)(H,27,31)(H,28,33)/t15-,16-,17-,19-/m0/s1. The molecule has 0 radical (unpaired) electrons. The number of esters is 1. The van der Waals surface area contributed by atoms with Crippen LogP contribution in [0.15, 0.2) is 0 Å². The summed E-state index contributed by atoms with van der Waals surface area (Å²) in [6.07, 6.45) is 2.47. The second-order valence-corrected chi connectivity index (χ2v) is 10.8. The topological polar surface area (TPSA) is 166 Å². The number of ketones is 1. The summed E-state index contributed by atoms with van der Waals surface area (Å²) < 4.78 is 10.4. The van der Waals surface area contributed by atoms with Gasteiger partial charge in [-0.05, 0) is 51.9 Å². The third-order valence-electron chi connectivity index (χ3n) is 5.96. The van der Waals surface area contributed by atoms with E-state index >= 15 is 0 Å². The van der Waals surface area contributed by atoms with Gasteiger partial charge in [-0.25, -0.2) is 9.59 Å². The molecule has 4 atom stereocenters. The van der Waals surface area contributed by atoms with Crippen molar-refractivity contribution in [1.29, 1.82) is 0 Å². The van der Waals surface area contributed by atoms with Crippen LogP contribution in [0.4, 0.5) is 4.79 Å². The van der Waals surface area contributed by atoms with Crippen LogP contribution >= 0.6 is 0 Å². The molecule has 5 N–H and O–H groups in total. The molecule has 0 unspecified atom stereocenters. The zero-order chi connectivity index (χ0) is 26.3. The normalized spacial score (nSPS) is 20.4. The highest BCUT2D eigenvalue weighted by molar-refractivity contribution is 5.93. The Kier molecular flexibility index (Phi) is 10.1. The Bertz CT molecular complexity index is 804. The van der Waals surface area contributed by atoms with Crippen LogP contribution in [0.5, 0.6) is 0 Å². The van der Waals surface area contributed by atoms with Gasteiger partial charge in [-0.1, -0.05) is 26.7 Å². The third-order valence-corrected chi connectivity index (χ3v) is 5.96. The molecule has 2 fully saturated rings. The van der Waals surface area contributed by atoms with Crippen LogP contribution in [-0.2, 0) is 28.7 Å². The van der Waals surface area contributed by atoms with E-state index in [1.165, 1.54) is 0 Å². The molecule has 1 aliphatic carbocycles. The van der Waals surface area contributed by atoms with Gasteiger partial charge in [-0.2, -0.15) is 0 Å². The van der Waals surface area contributed by atoms with Crippen LogP contribution in [0.3, 0.4) is 0 Å². The highest BCUT2D eigenvalue weighted by Crippen LogP contribution is 2.33. The van der Waals surface area contributed by atoms with E-state index in [9.17, 15) is 24.0 Å². The van der Waals surface area contributed by atoms with Gasteiger partial charge in [0.25, 0.3) is 0 Å². The number of carbonyl (C=O) groups is 5. The molecule has 0 aromatic rings. The molecule has 0 spiro atoms. The molecule has 1 aliphatic heterocycles. The van der Waals surface area contributed by atoms with Crippen LogP contribution < -0.4 is 21.7 Å². The highest BCUT2D eigenvalue weighted by atomic mass is 16.6. The number of alkyl carbamates (subject to hydrolysis) is 1. The van der Waals surface area contributed by atoms with E-state index in [1.54, 1.807) is 34.6 Å². The Morgan fingerprint density at radius 2 is 1.74 bits per heavy atom. The third kappa shape index (κ3) is 9.83. The van der Waals surface area contributed by atoms with Crippen LogP contribution in [0, 0.1) is 17.8 Å². The molecule has 0 aromatic carbocycles. The van der Waals surface area contributed by atoms with Crippen molar-refractivity contribution in [3.05, 3.63) is 0 Å². The Morgan fingerprint density at radius 3 is 2.26 bits per heavy atom. The molecule has 0 aromatic heterocycles. The first-order chi connectivity index (χ1) is 16.3. The van der Waals surface area contributed by atoms with Gasteiger partial charge >= 0.3 is 12.1 Å². The molecule has 11 heteroatoms. The largest absolute Gasteiger partial charge is 0.456 e. The first-order valence-electron chi connectivity index (χ1n) is 12.3. The predicted molar refractivity (Wildman–Crippen MR) is 127 cm³/mol. The van der Waals surface area contributed by atoms with E-state index < -0.39 is 60.0 Å². The fourth-order valence-corrected chi connectivity index (χ4v) is 3.79. The number of Topliss-reactive ketones (excluding diaryl/α,β-unsaturated/α-hetero) is 1. The van der Waals surface area contributed by atoms with Crippen molar-refractivity contribution in [2.45, 2.75) is 90.4 Å². The second kappa shape index (κ2) is 12.3. The van der Waals surface area contributed by atoms with Gasteiger partial charge in [0, 0.05) is 12.5 Å². The lowest BCUT2D eigenvalue weighted by Crippen LogP contribution is -2.51. The minimum Gasteiger partial charge on any atom is -0.456 e. The lowest BCUT2D eigenvalue weighted by molar-refractivity contribution is -0.151. The second-order valence-electron chi connectivity index (χ2n) is 10.8. The molecular formula is C24H40N4O7. The average Bonchev–Trinajstić information content (AvgIpc) is 3.47. The molecule has 2 rings (SSSR count). The van der Waals surface area contributed by atoms with Crippen LogP contribution in [0.2, 0.25) is 0 Å². The van der Waals surface area contributed by atoms with Gasteiger partial charge in [0.2, 0.25) is 11.8 Å². The maximum absolute atomic E-state index is 13.0. The quantitative estimate of drug-likeness (QED) is 0.288. The van der Waals surface area contributed by atoms with Gasteiger partial charge in [-0.15, -0.1) is 0 Å². The van der Waals surface area contributed by atoms with Crippen LogP contribution in [0.25, 0.3) is 0 Å². The minimum absolute atomic E-state index is 0.0911. The van der Waals surface area contributed by atoms with Crippen molar-refractivity contribution < 1.29 is 33.4 Å². The Balaban J connectivity index is 1.99. The summed E-state index contributed by atoms with van der Waals surface area (Å²) in [5.74, 6) is -2.33. The SMILES string of the molecule is CC(C)[C@H](NC(=O)OC(C)(C)C)C(=O)OCC(=O)[C@H](C[C@@H]1CCNC1=O)NC(=O)[C@@H](N)CC1CC1. The van der Waals surface area contributed by atoms with E-state index in [-0.39, 0.29) is 18.2 Å². The number of rotatable bonds is 12. The van der Waals surface area contributed by atoms with E-state index in [4.69, 9.17) is 15.2 Å². The molecule has 1 saturated carbocycles. The van der Waals surface area contributed by atoms with Crippen molar-refractivity contribution >= 4 is 29.7 Å². The van der Waals surface area contributed by atoms with Gasteiger partial charge in [0.05, 0.1) is 12.1 Å². The number of carbonyl (C=O) groups excluding carboxylic acids is 5. The molecule has 3 amide bonds. The van der Waals surface area contributed by atoms with E-state index in [0.717, 1.165) is 12.8 Å². The molecule has 35 heavy (non-hydrogen) atoms. The van der Waals surface area contributed by atoms with E-state index in [1.807, 2.05) is 0 Å². The maximum atomic E-state index is 13.0. The maximum Gasteiger partial charge on any atom is 0.408 e. The lowest BCUT2D eigenvalue weighted by atomic mass is 9.95. The summed E-state index contributed by atoms with van der Waals surface area (Å²) >= 11 is 0. The first-order valence-corrected chi connectivity index (χ1v) is 12.3. The lowest BCUT2D eigenvalue weighted by Gasteiger charge is -2.25. The van der Waals surface area contributed by atoms with Gasteiger partial charge in [0.1, 0.15) is 11.6 Å². The van der Waals surface area contributed by atoms with Crippen molar-refractivity contribution in [1.82, 2.24) is 16.0 Å². The van der Waals surface area contributed by atoms with Crippen molar-refractivity contribution in [3.63, 3.8) is 0 Å². The van der Waals surface area contributed by atoms with Gasteiger partial charge in [-0.3, -0.25) is 14.4 Å². The summed E-state index contributed by atoms with van der Waals surface area (Å²) in [7, 11) is 0. The first kappa shape index (κ1) is 28.5. The number of ether oxygens (including phenoxy) is 2. The zero-order valence-corrected chi connectivity index (χ0v) is 21.3. The number of amides is 3. The summed E-state index contributed by atoms with van der Waals surface area (Å²) in [6, 6.07) is -2.80. The fraction of sp³-hybridized carbons (Fsp3) is 0.792. The molecule has 198 valence electrons. The smallest absolute Gasteiger partial charge is 0.408 e. The van der Waals surface area contributed by atoms with Gasteiger partial charge in [0.15, 0.2) is 12.4 Å². The molecule has 0 bridgehead atoms. The van der Waals surface area contributed by atoms with Crippen molar-refractivity contribution in [2.75, 3.05) is 13.2 Å². The van der Waals surface area contributed by atoms with Crippen molar-refractivity contribution in [2.24, 2.45) is 23.5 Å². The Morgan fingerprint density at radius 1 is 1.09 bits per heavy atom. The zero-order valence-electron chi connectivity index (χ0n) is 21.3. The summed E-state index contributed by atoms with van der Waals surface area (Å²) in [5, 5.41) is 7.84. The average molecular weight is 497 g/mol. The van der Waals surface area contributed by atoms with E-state index in [0.29, 0.717) is 25.3 Å². The Labute approximate surface area is 206 Å². The monoisotopic (exact) mass is 496 g/mol. The highest BCUT2D eigenvalue weighted by Gasteiger charge is 2.35. The fourth-order valence-electron chi connectivity index (χ4n) is 3.79. The number of hydrogen-bond acceptors (Lipinski definition) is 8. The molecule has 1 heterocycles. The number of hydrogen-bond donors (Lipinski definition) is 4. The van der Waals surface area contributed by atoms with Crippen molar-refractivity contribution in [3.8, 4) is 0 Å². The molecular weight excluding hydrogens is 456 g/mol. The molecule has 11 nitrogen and oxygen atoms in total. The summed E-state index contributed by atoms with van der Waals surface area (Å²) in [6.45, 7) is 8.41. The summed E-state index contributed by atoms with van der Waals surface area (Å²) in [4.78, 5) is 62.4. The predicted octanol–water partition coefficient (Wildman–Crippen LogP) is 0.786. The number of nitrogens with two attached hydrogens (primary N) is 1. The van der Waals surface area contributed by atoms with Gasteiger partial charge < -0.3 is 31.2 Å². The molecule has 2 aliphatic rings. The Hall–Kier alpha value is -2.69. The minimum atomic E-state index is -1.03. The number of nitrogens with one attached hydrogen (secondary N) is 3. The molecule has 1 saturated heterocycles. The summed E-state index contributed by atoms with van der Waals surface area (Å²) in [5.41, 5.74) is 5.24.